The summed E-state index contributed by atoms with van der Waals surface area (Å²) in [4.78, 5) is -0.528. The van der Waals surface area contributed by atoms with Crippen LogP contribution in [0.25, 0.3) is 32.7 Å². The third kappa shape index (κ3) is 6.57. The van der Waals surface area contributed by atoms with Crippen molar-refractivity contribution in [3.8, 4) is 11.1 Å². The molecule has 6 rings (SSSR count). The maximum Gasteiger partial charge on any atom is 0.359 e. The van der Waals surface area contributed by atoms with Crippen LogP contribution in [0.3, 0.4) is 0 Å². The molecule has 0 spiro atoms. The average Bonchev–Trinajstić information content (AvgIpc) is 3.05. The molecule has 12 nitrogen and oxygen atoms in total. The molecular formula is C34H28N6O6S2. The fraction of sp³-hybridized carbons (Fsp3) is 0.0588. The number of azo groups is 1. The predicted molar refractivity (Wildman–Crippen MR) is 185 cm³/mol. The van der Waals surface area contributed by atoms with Gasteiger partial charge in [-0.25, -0.2) is 4.28 Å². The van der Waals surface area contributed by atoms with Gasteiger partial charge in [0.05, 0.1) is 22.0 Å². The number of benzene rings is 6. The number of rotatable bonds is 8. The van der Waals surface area contributed by atoms with Crippen LogP contribution in [0.1, 0.15) is 11.1 Å². The van der Waals surface area contributed by atoms with Crippen LogP contribution in [-0.2, 0) is 24.5 Å². The first-order valence-corrected chi connectivity index (χ1v) is 17.2. The third-order valence-corrected chi connectivity index (χ3v) is 9.60. The summed E-state index contributed by atoms with van der Waals surface area (Å²) < 4.78 is 63.3. The first-order valence-electron chi connectivity index (χ1n) is 14.4. The Balaban J connectivity index is 1.25. The van der Waals surface area contributed by atoms with Gasteiger partial charge in [-0.3, -0.25) is 4.55 Å². The third-order valence-electron chi connectivity index (χ3n) is 7.65. The van der Waals surface area contributed by atoms with E-state index in [0.717, 1.165) is 22.8 Å². The van der Waals surface area contributed by atoms with Crippen molar-refractivity contribution in [2.75, 3.05) is 11.5 Å². The molecular weight excluding hydrogens is 653 g/mol. The molecule has 0 fully saturated rings. The second kappa shape index (κ2) is 12.5. The average molecular weight is 681 g/mol. The van der Waals surface area contributed by atoms with Gasteiger partial charge in [0.25, 0.3) is 10.1 Å². The van der Waals surface area contributed by atoms with E-state index < -0.39 is 20.2 Å². The number of nitrogens with two attached hydrogens (primary N) is 2. The summed E-state index contributed by atoms with van der Waals surface area (Å²) in [5, 5.41) is 18.0. The molecule has 0 saturated carbocycles. The number of anilines is 2. The Bertz CT molecular complexity index is 2530. The van der Waals surface area contributed by atoms with Gasteiger partial charge in [0.1, 0.15) is 16.3 Å². The van der Waals surface area contributed by atoms with Gasteiger partial charge < -0.3 is 11.5 Å². The van der Waals surface area contributed by atoms with Crippen LogP contribution in [0.2, 0.25) is 0 Å². The second-order valence-corrected chi connectivity index (χ2v) is 14.0. The van der Waals surface area contributed by atoms with Gasteiger partial charge >= 0.3 is 10.1 Å². The van der Waals surface area contributed by atoms with E-state index >= 15 is 0 Å². The number of aryl methyl sites for hydroxylation is 2. The molecule has 0 heterocycles. The fourth-order valence-corrected chi connectivity index (χ4v) is 6.41. The summed E-state index contributed by atoms with van der Waals surface area (Å²) in [5.41, 5.74) is 18.1. The molecule has 0 saturated heterocycles. The largest absolute Gasteiger partial charge is 0.397 e. The zero-order valence-electron chi connectivity index (χ0n) is 25.6. The Labute approximate surface area is 276 Å². The highest BCUT2D eigenvalue weighted by Gasteiger charge is 2.19. The Kier molecular flexibility index (Phi) is 8.39. The quantitative estimate of drug-likeness (QED) is 0.0614. The van der Waals surface area contributed by atoms with Crippen molar-refractivity contribution in [1.82, 2.24) is 0 Å². The number of nitrogens with zero attached hydrogens (tertiary/aromatic N) is 4. The fourth-order valence-electron chi connectivity index (χ4n) is 5.18. The number of nitrogen functional groups attached to an aromatic ring is 2. The molecule has 0 unspecified atom stereocenters. The standard InChI is InChI=1S/C34H28N6O6S2/c1-20-4-3-5-22(16-20)23-8-15-32(21(2)17-23)37-38-33-28-12-10-27(19-25(28)7-13-30(33)35)48(44,45)46-40-39-34-29-11-9-26(47(41,42)43)18-24(29)6-14-31(34)36/h3-19H,35-36H2,1-2H3,(H,41,42,43). The van der Waals surface area contributed by atoms with Crippen molar-refractivity contribution in [3.05, 3.63) is 114 Å². The van der Waals surface area contributed by atoms with Gasteiger partial charge in [0.2, 0.25) is 0 Å². The monoisotopic (exact) mass is 680 g/mol. The molecule has 14 heteroatoms. The summed E-state index contributed by atoms with van der Waals surface area (Å²) in [6.45, 7) is 3.99. The Morgan fingerprint density at radius 2 is 1.23 bits per heavy atom. The molecule has 242 valence electrons. The zero-order valence-corrected chi connectivity index (χ0v) is 27.2. The van der Waals surface area contributed by atoms with Crippen LogP contribution in [-0.4, -0.2) is 21.4 Å². The summed E-state index contributed by atoms with van der Waals surface area (Å²) >= 11 is 0. The van der Waals surface area contributed by atoms with Crippen molar-refractivity contribution in [1.29, 1.82) is 0 Å². The minimum atomic E-state index is -4.44. The lowest BCUT2D eigenvalue weighted by molar-refractivity contribution is 0.314. The molecule has 0 aromatic heterocycles. The zero-order chi connectivity index (χ0) is 34.2. The minimum absolute atomic E-state index is 0.0496. The lowest BCUT2D eigenvalue weighted by Crippen LogP contribution is -2.02. The van der Waals surface area contributed by atoms with Crippen LogP contribution in [0.15, 0.2) is 134 Å². The molecule has 6 aromatic carbocycles. The Morgan fingerprint density at radius 3 is 1.85 bits per heavy atom. The number of fused-ring (bicyclic) bond motifs is 2. The molecule has 0 aliphatic carbocycles. The van der Waals surface area contributed by atoms with Crippen LogP contribution < -0.4 is 11.5 Å². The van der Waals surface area contributed by atoms with Crippen molar-refractivity contribution in [2.45, 2.75) is 23.6 Å². The Hall–Kier alpha value is -5.70. The van der Waals surface area contributed by atoms with E-state index in [1.165, 1.54) is 42.0 Å². The van der Waals surface area contributed by atoms with Crippen LogP contribution in [0.4, 0.5) is 28.4 Å². The SMILES string of the molecule is Cc1cccc(-c2ccc(N=Nc3c(N)ccc4cc(S(=O)(=O)ON=Nc5c(N)ccc6cc(S(=O)(=O)O)ccc56)ccc34)c(C)c2)c1. The molecule has 0 radical (unpaired) electrons. The van der Waals surface area contributed by atoms with Crippen LogP contribution in [0, 0.1) is 13.8 Å². The molecule has 0 atom stereocenters. The second-order valence-electron chi connectivity index (χ2n) is 11.0. The highest BCUT2D eigenvalue weighted by Crippen LogP contribution is 2.37. The van der Waals surface area contributed by atoms with Crippen LogP contribution in [0.5, 0.6) is 0 Å². The molecule has 0 bridgehead atoms. The summed E-state index contributed by atoms with van der Waals surface area (Å²) in [6, 6.07) is 28.4. The van der Waals surface area contributed by atoms with E-state index in [2.05, 4.69) is 32.8 Å². The van der Waals surface area contributed by atoms with E-state index in [-0.39, 0.29) is 21.2 Å². The van der Waals surface area contributed by atoms with Crippen molar-refractivity contribution in [3.63, 3.8) is 0 Å². The van der Waals surface area contributed by atoms with Crippen molar-refractivity contribution < 1.29 is 25.7 Å². The first-order chi connectivity index (χ1) is 22.8. The maximum atomic E-state index is 13.0. The molecule has 5 N–H and O–H groups in total. The smallest absolute Gasteiger partial charge is 0.359 e. The van der Waals surface area contributed by atoms with E-state index in [4.69, 9.17) is 15.8 Å². The lowest BCUT2D eigenvalue weighted by atomic mass is 10.0. The van der Waals surface area contributed by atoms with E-state index in [9.17, 15) is 21.4 Å². The van der Waals surface area contributed by atoms with Gasteiger partial charge in [0, 0.05) is 16.1 Å². The van der Waals surface area contributed by atoms with E-state index in [1.807, 2.05) is 44.2 Å². The summed E-state index contributed by atoms with van der Waals surface area (Å²) in [6.07, 6.45) is 0. The molecule has 48 heavy (non-hydrogen) atoms. The summed E-state index contributed by atoms with van der Waals surface area (Å²) in [7, 11) is -8.87. The molecule has 0 aliphatic rings. The topological polar surface area (TPSA) is 199 Å². The lowest BCUT2D eigenvalue weighted by Gasteiger charge is -2.08. The van der Waals surface area contributed by atoms with Gasteiger partial charge in [-0.15, -0.1) is 10.2 Å². The molecule has 0 amide bonds. The highest BCUT2D eigenvalue weighted by atomic mass is 32.2. The van der Waals surface area contributed by atoms with E-state index in [0.29, 0.717) is 38.6 Å². The number of hydrogen-bond acceptors (Lipinski definition) is 11. The number of hydrogen-bond donors (Lipinski definition) is 3. The molecule has 0 aliphatic heterocycles. The van der Waals surface area contributed by atoms with Crippen molar-refractivity contribution in [2.24, 2.45) is 20.6 Å². The first kappa shape index (κ1) is 32.2. The minimum Gasteiger partial charge on any atom is -0.397 e. The normalized spacial score (nSPS) is 12.4. The van der Waals surface area contributed by atoms with Gasteiger partial charge in [-0.2, -0.15) is 21.9 Å². The molecule has 6 aromatic rings. The van der Waals surface area contributed by atoms with Crippen molar-refractivity contribution >= 4 is 70.2 Å². The van der Waals surface area contributed by atoms with E-state index in [1.54, 1.807) is 18.2 Å². The van der Waals surface area contributed by atoms with Crippen LogP contribution >= 0.6 is 0 Å². The highest BCUT2D eigenvalue weighted by molar-refractivity contribution is 7.86. The van der Waals surface area contributed by atoms with Gasteiger partial charge in [-0.05, 0) is 89.8 Å². The maximum absolute atomic E-state index is 13.0. The summed E-state index contributed by atoms with van der Waals surface area (Å²) in [5.74, 6) is 0. The predicted octanol–water partition coefficient (Wildman–Crippen LogP) is 8.51. The van der Waals surface area contributed by atoms with Gasteiger partial charge in [-0.1, -0.05) is 60.2 Å². The van der Waals surface area contributed by atoms with Gasteiger partial charge in [0.15, 0.2) is 0 Å². The Morgan fingerprint density at radius 1 is 0.625 bits per heavy atom.